The van der Waals surface area contributed by atoms with Gasteiger partial charge in [0.2, 0.25) is 0 Å². The molecule has 0 atom stereocenters. The monoisotopic (exact) mass is 210 g/mol. The van der Waals surface area contributed by atoms with Crippen LogP contribution in [0.25, 0.3) is 0 Å². The Hall–Kier alpha value is -1.89. The van der Waals surface area contributed by atoms with E-state index in [0.29, 0.717) is 0 Å². The molecule has 1 rings (SSSR count). The summed E-state index contributed by atoms with van der Waals surface area (Å²) in [6, 6.07) is 2.27. The molecule has 0 aliphatic carbocycles. The smallest absolute Gasteiger partial charge is 0.384 e. The molecular weight excluding hydrogens is 202 g/mol. The highest BCUT2D eigenvalue weighted by Crippen LogP contribution is 2.14. The van der Waals surface area contributed by atoms with E-state index in [0.717, 1.165) is 6.07 Å². The van der Waals surface area contributed by atoms with E-state index < -0.39 is 17.6 Å². The molecule has 0 N–H and O–H groups in total. The third-order valence-electron chi connectivity index (χ3n) is 1.82. The second-order valence-electron chi connectivity index (χ2n) is 2.78. The van der Waals surface area contributed by atoms with Crippen molar-refractivity contribution in [3.8, 4) is 11.8 Å². The number of rotatable bonds is 0. The predicted molar refractivity (Wildman–Crippen MR) is 50.0 cm³/mol. The molecule has 4 heteroatoms. The maximum absolute atomic E-state index is 13.0. The molecule has 0 spiro atoms. The third kappa shape index (κ3) is 2.53. The summed E-state index contributed by atoms with van der Waals surface area (Å²) in [6.45, 7) is 1.39. The minimum absolute atomic E-state index is 0.0754. The Balaban J connectivity index is 3.10. The number of ether oxygens (including phenoxy) is 1. The summed E-state index contributed by atoms with van der Waals surface area (Å²) in [5.41, 5.74) is 0.339. The number of halogens is 2. The first-order valence-electron chi connectivity index (χ1n) is 4.11. The molecule has 0 aliphatic heterocycles. The lowest BCUT2D eigenvalue weighted by atomic mass is 10.1. The molecule has 0 radical (unpaired) electrons. The number of methoxy groups -OCH3 is 1. The SMILES string of the molecule is COC(=O)C#Cc1ccc(F)c(F)c1C. The molecule has 0 saturated carbocycles. The second kappa shape index (κ2) is 4.56. The molecule has 0 heterocycles. The van der Waals surface area contributed by atoms with Crippen LogP contribution < -0.4 is 0 Å². The number of benzene rings is 1. The van der Waals surface area contributed by atoms with Gasteiger partial charge in [-0.3, -0.25) is 0 Å². The minimum atomic E-state index is -0.952. The largest absolute Gasteiger partial charge is 0.459 e. The summed E-state index contributed by atoms with van der Waals surface area (Å²) < 4.78 is 30.0. The minimum Gasteiger partial charge on any atom is -0.459 e. The van der Waals surface area contributed by atoms with Crippen molar-refractivity contribution in [1.82, 2.24) is 0 Å². The van der Waals surface area contributed by atoms with Crippen molar-refractivity contribution in [2.75, 3.05) is 7.11 Å². The number of hydrogen-bond acceptors (Lipinski definition) is 2. The topological polar surface area (TPSA) is 26.3 Å². The van der Waals surface area contributed by atoms with E-state index in [4.69, 9.17) is 0 Å². The Morgan fingerprint density at radius 3 is 2.67 bits per heavy atom. The second-order valence-corrected chi connectivity index (χ2v) is 2.78. The van der Waals surface area contributed by atoms with E-state index in [1.807, 2.05) is 0 Å². The summed E-state index contributed by atoms with van der Waals surface area (Å²) in [5.74, 6) is 1.93. The molecule has 0 saturated heterocycles. The molecular formula is C11H8F2O2. The van der Waals surface area contributed by atoms with Crippen LogP contribution in [0, 0.1) is 30.4 Å². The average Bonchev–Trinajstić information content (AvgIpc) is 2.24. The molecule has 0 aliphatic rings. The fourth-order valence-corrected chi connectivity index (χ4v) is 0.957. The molecule has 1 aromatic rings. The predicted octanol–water partition coefficient (Wildman–Crippen LogP) is 1.80. The first kappa shape index (κ1) is 11.2. The Morgan fingerprint density at radius 2 is 2.07 bits per heavy atom. The average molecular weight is 210 g/mol. The van der Waals surface area contributed by atoms with Gasteiger partial charge in [-0.15, -0.1) is 0 Å². The molecule has 78 valence electrons. The quantitative estimate of drug-likeness (QED) is 0.482. The lowest BCUT2D eigenvalue weighted by Gasteiger charge is -2.00. The normalized spacial score (nSPS) is 9.07. The Bertz CT molecular complexity index is 456. The number of carbonyl (C=O) groups is 1. The van der Waals surface area contributed by atoms with Gasteiger partial charge >= 0.3 is 5.97 Å². The van der Waals surface area contributed by atoms with Gasteiger partial charge in [0.15, 0.2) is 11.6 Å². The molecule has 2 nitrogen and oxygen atoms in total. The van der Waals surface area contributed by atoms with Gasteiger partial charge in [0.05, 0.1) is 7.11 Å². The van der Waals surface area contributed by atoms with E-state index >= 15 is 0 Å². The van der Waals surface area contributed by atoms with Gasteiger partial charge in [0, 0.05) is 17.0 Å². The van der Waals surface area contributed by atoms with E-state index in [1.165, 1.54) is 20.1 Å². The van der Waals surface area contributed by atoms with Crippen LogP contribution in [0.1, 0.15) is 11.1 Å². The number of hydrogen-bond donors (Lipinski definition) is 0. The zero-order valence-corrected chi connectivity index (χ0v) is 8.23. The molecule has 0 amide bonds. The van der Waals surface area contributed by atoms with Gasteiger partial charge in [0.1, 0.15) is 0 Å². The van der Waals surface area contributed by atoms with Crippen molar-refractivity contribution in [2.45, 2.75) is 6.92 Å². The highest BCUT2D eigenvalue weighted by atomic mass is 19.2. The van der Waals surface area contributed by atoms with E-state index in [2.05, 4.69) is 16.6 Å². The van der Waals surface area contributed by atoms with Crippen LogP contribution in [0.2, 0.25) is 0 Å². The van der Waals surface area contributed by atoms with Crippen LogP contribution >= 0.6 is 0 Å². The molecule has 1 aromatic carbocycles. The van der Waals surface area contributed by atoms with Crippen LogP contribution in [0.4, 0.5) is 8.78 Å². The van der Waals surface area contributed by atoms with Gasteiger partial charge in [-0.2, -0.15) is 0 Å². The summed E-state index contributed by atoms with van der Waals surface area (Å²) >= 11 is 0. The van der Waals surface area contributed by atoms with Gasteiger partial charge < -0.3 is 4.74 Å². The van der Waals surface area contributed by atoms with Crippen molar-refractivity contribution in [3.05, 3.63) is 34.9 Å². The Morgan fingerprint density at radius 1 is 1.40 bits per heavy atom. The molecule has 0 bridgehead atoms. The summed E-state index contributed by atoms with van der Waals surface area (Å²) in [6.07, 6.45) is 0. The van der Waals surface area contributed by atoms with Crippen molar-refractivity contribution in [2.24, 2.45) is 0 Å². The van der Waals surface area contributed by atoms with Gasteiger partial charge in [-0.25, -0.2) is 13.6 Å². The Kier molecular flexibility index (Phi) is 3.40. The first-order chi connectivity index (χ1) is 7.06. The van der Waals surface area contributed by atoms with E-state index in [1.54, 1.807) is 0 Å². The van der Waals surface area contributed by atoms with Crippen molar-refractivity contribution >= 4 is 5.97 Å². The number of esters is 1. The fourth-order valence-electron chi connectivity index (χ4n) is 0.957. The lowest BCUT2D eigenvalue weighted by molar-refractivity contribution is -0.133. The van der Waals surface area contributed by atoms with Crippen molar-refractivity contribution in [1.29, 1.82) is 0 Å². The van der Waals surface area contributed by atoms with Crippen molar-refractivity contribution in [3.63, 3.8) is 0 Å². The van der Waals surface area contributed by atoms with Gasteiger partial charge in [-0.1, -0.05) is 5.92 Å². The van der Waals surface area contributed by atoms with E-state index in [-0.39, 0.29) is 11.1 Å². The fraction of sp³-hybridized carbons (Fsp3) is 0.182. The zero-order valence-electron chi connectivity index (χ0n) is 8.23. The molecule has 0 unspecified atom stereocenters. The maximum Gasteiger partial charge on any atom is 0.384 e. The summed E-state index contributed by atoms with van der Waals surface area (Å²) in [5, 5.41) is 0. The highest BCUT2D eigenvalue weighted by molar-refractivity contribution is 5.89. The lowest BCUT2D eigenvalue weighted by Crippen LogP contribution is -1.96. The number of carbonyl (C=O) groups excluding carboxylic acids is 1. The summed E-state index contributed by atoms with van der Waals surface area (Å²) in [7, 11) is 1.19. The van der Waals surface area contributed by atoms with Crippen LogP contribution in [0.5, 0.6) is 0 Å². The van der Waals surface area contributed by atoms with E-state index in [9.17, 15) is 13.6 Å². The third-order valence-corrected chi connectivity index (χ3v) is 1.82. The highest BCUT2D eigenvalue weighted by Gasteiger charge is 2.07. The molecule has 15 heavy (non-hydrogen) atoms. The maximum atomic E-state index is 13.0. The Labute approximate surface area is 85.9 Å². The van der Waals surface area contributed by atoms with Crippen LogP contribution in [0.15, 0.2) is 12.1 Å². The van der Waals surface area contributed by atoms with Crippen molar-refractivity contribution < 1.29 is 18.3 Å². The van der Waals surface area contributed by atoms with Gasteiger partial charge in [0.25, 0.3) is 0 Å². The van der Waals surface area contributed by atoms with Crippen LogP contribution in [-0.2, 0) is 9.53 Å². The first-order valence-corrected chi connectivity index (χ1v) is 4.11. The van der Waals surface area contributed by atoms with Crippen LogP contribution in [0.3, 0.4) is 0 Å². The van der Waals surface area contributed by atoms with Crippen LogP contribution in [-0.4, -0.2) is 13.1 Å². The summed E-state index contributed by atoms with van der Waals surface area (Å²) in [4.78, 5) is 10.7. The standard InChI is InChI=1S/C11H8F2O2/c1-7-8(4-6-10(14)15-2)3-5-9(12)11(7)13/h3,5H,1-2H3. The molecule has 0 fully saturated rings. The zero-order chi connectivity index (χ0) is 11.4. The van der Waals surface area contributed by atoms with Gasteiger partial charge in [-0.05, 0) is 19.1 Å². The molecule has 0 aromatic heterocycles.